The second kappa shape index (κ2) is 7.78. The number of carbonyl (C=O) groups is 2. The Labute approximate surface area is 140 Å². The molecule has 1 heterocycles. The van der Waals surface area contributed by atoms with E-state index in [4.69, 9.17) is 0 Å². The molecule has 0 spiro atoms. The molecular formula is C17H21N3O2S. The average molecular weight is 331 g/mol. The van der Waals surface area contributed by atoms with Crippen molar-refractivity contribution in [2.24, 2.45) is 0 Å². The summed E-state index contributed by atoms with van der Waals surface area (Å²) in [6, 6.07) is 11.0. The summed E-state index contributed by atoms with van der Waals surface area (Å²) in [5.41, 5.74) is 1.64. The Hall–Kier alpha value is -2.34. The summed E-state index contributed by atoms with van der Waals surface area (Å²) in [5.74, 6) is -0.120. The highest BCUT2D eigenvalue weighted by atomic mass is 32.1. The molecule has 6 heteroatoms. The lowest BCUT2D eigenvalue weighted by molar-refractivity contribution is -0.114. The Bertz CT molecular complexity index is 670. The van der Waals surface area contributed by atoms with E-state index < -0.39 is 0 Å². The molecule has 23 heavy (non-hydrogen) atoms. The number of hydrogen-bond donors (Lipinski definition) is 3. The number of amides is 3. The zero-order valence-electron chi connectivity index (χ0n) is 13.4. The Balaban J connectivity index is 1.94. The fourth-order valence-corrected chi connectivity index (χ4v) is 2.95. The van der Waals surface area contributed by atoms with E-state index >= 15 is 0 Å². The molecule has 0 bridgehead atoms. The van der Waals surface area contributed by atoms with Crippen molar-refractivity contribution in [1.82, 2.24) is 10.6 Å². The summed E-state index contributed by atoms with van der Waals surface area (Å²) in [4.78, 5) is 24.3. The van der Waals surface area contributed by atoms with Crippen molar-refractivity contribution >= 4 is 29.0 Å². The zero-order valence-corrected chi connectivity index (χ0v) is 14.2. The smallest absolute Gasteiger partial charge is 0.315 e. The van der Waals surface area contributed by atoms with Gasteiger partial charge < -0.3 is 16.0 Å². The van der Waals surface area contributed by atoms with Crippen molar-refractivity contribution < 1.29 is 9.59 Å². The number of urea groups is 1. The van der Waals surface area contributed by atoms with E-state index in [1.807, 2.05) is 55.6 Å². The number of nitrogens with one attached hydrogen (secondary N) is 3. The quantitative estimate of drug-likeness (QED) is 0.779. The largest absolute Gasteiger partial charge is 0.332 e. The van der Waals surface area contributed by atoms with E-state index in [9.17, 15) is 9.59 Å². The van der Waals surface area contributed by atoms with Gasteiger partial charge in [0.25, 0.3) is 0 Å². The number of rotatable bonds is 5. The second-order valence-corrected chi connectivity index (χ2v) is 6.36. The molecule has 122 valence electrons. The number of carbonyl (C=O) groups excluding carboxylic acids is 2. The van der Waals surface area contributed by atoms with Crippen LogP contribution in [0.5, 0.6) is 0 Å². The average Bonchev–Trinajstić information content (AvgIpc) is 3.00. The van der Waals surface area contributed by atoms with E-state index in [1.165, 1.54) is 6.92 Å². The summed E-state index contributed by atoms with van der Waals surface area (Å²) in [6.45, 7) is 5.32. The van der Waals surface area contributed by atoms with Crippen LogP contribution in [0.2, 0.25) is 0 Å². The normalized spacial score (nSPS) is 13.0. The van der Waals surface area contributed by atoms with Crippen LogP contribution in [0.4, 0.5) is 10.5 Å². The van der Waals surface area contributed by atoms with Crippen LogP contribution in [0.25, 0.3) is 0 Å². The lowest BCUT2D eigenvalue weighted by Gasteiger charge is -2.18. The van der Waals surface area contributed by atoms with Crippen molar-refractivity contribution in [2.75, 3.05) is 5.32 Å². The Morgan fingerprint density at radius 1 is 1.04 bits per heavy atom. The first-order valence-electron chi connectivity index (χ1n) is 7.43. The molecular weight excluding hydrogens is 310 g/mol. The van der Waals surface area contributed by atoms with Crippen LogP contribution in [0.15, 0.2) is 41.8 Å². The molecule has 2 aromatic rings. The van der Waals surface area contributed by atoms with Crippen molar-refractivity contribution in [3.8, 4) is 0 Å². The highest BCUT2D eigenvalue weighted by molar-refractivity contribution is 7.10. The van der Waals surface area contributed by atoms with Gasteiger partial charge in [-0.05, 0) is 43.0 Å². The fourth-order valence-electron chi connectivity index (χ4n) is 2.22. The third-order valence-electron chi connectivity index (χ3n) is 3.37. The predicted octanol–water partition coefficient (Wildman–Crippen LogP) is 3.83. The van der Waals surface area contributed by atoms with Crippen LogP contribution in [-0.2, 0) is 4.79 Å². The van der Waals surface area contributed by atoms with Crippen molar-refractivity contribution in [3.05, 3.63) is 52.2 Å². The predicted molar refractivity (Wildman–Crippen MR) is 93.6 cm³/mol. The first-order valence-corrected chi connectivity index (χ1v) is 8.31. The summed E-state index contributed by atoms with van der Waals surface area (Å²) in [5, 5.41) is 10.6. The molecule has 0 radical (unpaired) electrons. The number of anilines is 1. The van der Waals surface area contributed by atoms with Crippen molar-refractivity contribution in [2.45, 2.75) is 32.9 Å². The Morgan fingerprint density at radius 3 is 2.43 bits per heavy atom. The number of thiophene rings is 1. The SMILES string of the molecule is CC(=O)Nc1cccc([C@H](C)NC(=O)N[C@@H](C)c2cccs2)c1. The third-order valence-corrected chi connectivity index (χ3v) is 4.43. The van der Waals surface area contributed by atoms with Gasteiger partial charge in [-0.25, -0.2) is 4.79 Å². The molecule has 2 rings (SSSR count). The highest BCUT2D eigenvalue weighted by Gasteiger charge is 2.13. The molecule has 1 aromatic carbocycles. The zero-order chi connectivity index (χ0) is 16.8. The van der Waals surface area contributed by atoms with Gasteiger partial charge in [-0.15, -0.1) is 11.3 Å². The Morgan fingerprint density at radius 2 is 1.78 bits per heavy atom. The van der Waals surface area contributed by atoms with E-state index in [0.717, 1.165) is 16.1 Å². The molecule has 0 aliphatic rings. The van der Waals surface area contributed by atoms with Gasteiger partial charge in [0.15, 0.2) is 0 Å². The summed E-state index contributed by atoms with van der Waals surface area (Å²) in [6.07, 6.45) is 0. The van der Waals surface area contributed by atoms with Crippen LogP contribution in [0.1, 0.15) is 43.3 Å². The van der Waals surface area contributed by atoms with Gasteiger partial charge in [-0.2, -0.15) is 0 Å². The fraction of sp³-hybridized carbons (Fsp3) is 0.294. The maximum atomic E-state index is 12.1. The molecule has 1 aromatic heterocycles. The number of hydrogen-bond acceptors (Lipinski definition) is 3. The molecule has 0 aliphatic carbocycles. The molecule has 3 N–H and O–H groups in total. The van der Waals surface area contributed by atoms with Gasteiger partial charge in [0.05, 0.1) is 12.1 Å². The molecule has 0 fully saturated rings. The first kappa shape index (κ1) is 17.0. The molecule has 0 saturated carbocycles. The van der Waals surface area contributed by atoms with Gasteiger partial charge in [-0.1, -0.05) is 18.2 Å². The van der Waals surface area contributed by atoms with Crippen LogP contribution in [0.3, 0.4) is 0 Å². The highest BCUT2D eigenvalue weighted by Crippen LogP contribution is 2.19. The molecule has 0 saturated heterocycles. The van der Waals surface area contributed by atoms with Gasteiger partial charge in [-0.3, -0.25) is 4.79 Å². The van der Waals surface area contributed by atoms with Crippen LogP contribution in [0, 0.1) is 0 Å². The van der Waals surface area contributed by atoms with Crippen LogP contribution < -0.4 is 16.0 Å². The van der Waals surface area contributed by atoms with Gasteiger partial charge in [0.2, 0.25) is 5.91 Å². The summed E-state index contributed by atoms with van der Waals surface area (Å²) < 4.78 is 0. The first-order chi connectivity index (χ1) is 11.0. The lowest BCUT2D eigenvalue weighted by Crippen LogP contribution is -2.38. The maximum absolute atomic E-state index is 12.1. The lowest BCUT2D eigenvalue weighted by atomic mass is 10.1. The van der Waals surface area contributed by atoms with Crippen molar-refractivity contribution in [3.63, 3.8) is 0 Å². The van der Waals surface area contributed by atoms with Crippen LogP contribution in [-0.4, -0.2) is 11.9 Å². The van der Waals surface area contributed by atoms with E-state index in [1.54, 1.807) is 11.3 Å². The van der Waals surface area contributed by atoms with E-state index in [0.29, 0.717) is 0 Å². The summed E-state index contributed by atoms with van der Waals surface area (Å²) in [7, 11) is 0. The molecule has 0 aliphatic heterocycles. The minimum Gasteiger partial charge on any atom is -0.332 e. The van der Waals surface area contributed by atoms with Crippen LogP contribution >= 0.6 is 11.3 Å². The van der Waals surface area contributed by atoms with Crippen molar-refractivity contribution in [1.29, 1.82) is 0 Å². The van der Waals surface area contributed by atoms with E-state index in [2.05, 4.69) is 16.0 Å². The molecule has 0 unspecified atom stereocenters. The summed E-state index contributed by atoms with van der Waals surface area (Å²) >= 11 is 1.61. The van der Waals surface area contributed by atoms with Gasteiger partial charge >= 0.3 is 6.03 Å². The topological polar surface area (TPSA) is 70.2 Å². The standard InChI is InChI=1S/C17H21N3O2S/c1-11(14-6-4-7-15(10-14)20-13(3)21)18-17(22)19-12(2)16-8-5-9-23-16/h4-12H,1-3H3,(H,20,21)(H2,18,19,22)/t11-,12-/m0/s1. The molecule has 3 amide bonds. The monoisotopic (exact) mass is 331 g/mol. The number of benzene rings is 1. The molecule has 5 nitrogen and oxygen atoms in total. The van der Waals surface area contributed by atoms with E-state index in [-0.39, 0.29) is 24.0 Å². The van der Waals surface area contributed by atoms with Gasteiger partial charge in [0.1, 0.15) is 0 Å². The van der Waals surface area contributed by atoms with Gasteiger partial charge in [0, 0.05) is 17.5 Å². The second-order valence-electron chi connectivity index (χ2n) is 5.38. The minimum atomic E-state index is -0.219. The minimum absolute atomic E-state index is 0.0343. The Kier molecular flexibility index (Phi) is 5.76. The maximum Gasteiger partial charge on any atom is 0.315 e. The molecule has 2 atom stereocenters. The third kappa shape index (κ3) is 5.10.